The Morgan fingerprint density at radius 2 is 2.27 bits per heavy atom. The monoisotopic (exact) mass is 215 g/mol. The van der Waals surface area contributed by atoms with Gasteiger partial charge in [-0.25, -0.2) is 13.5 Å². The van der Waals surface area contributed by atoms with E-state index in [1.54, 1.807) is 0 Å². The van der Waals surface area contributed by atoms with E-state index in [0.29, 0.717) is 13.0 Å². The normalized spacial score (nSPS) is 20.5. The fraction of sp³-hybridized carbons (Fsp3) is 0.700. The second-order valence-corrected chi connectivity index (χ2v) is 4.17. The number of hydrogen-bond donors (Lipinski definition) is 1. The number of hydrogen-bond acceptors (Lipinski definition) is 2. The van der Waals surface area contributed by atoms with Gasteiger partial charge in [-0.3, -0.25) is 0 Å². The molecule has 0 spiro atoms. The van der Waals surface area contributed by atoms with Gasteiger partial charge in [0.2, 0.25) is 0 Å². The van der Waals surface area contributed by atoms with Gasteiger partial charge in [-0.15, -0.1) is 0 Å². The fourth-order valence-corrected chi connectivity index (χ4v) is 1.78. The lowest BCUT2D eigenvalue weighted by Crippen LogP contribution is -2.28. The Bertz CT molecular complexity index is 346. The molecule has 0 fully saturated rings. The molecule has 3 nitrogen and oxygen atoms in total. The number of anilines is 1. The lowest BCUT2D eigenvalue weighted by Gasteiger charge is -2.24. The highest BCUT2D eigenvalue weighted by molar-refractivity contribution is 5.40. The van der Waals surface area contributed by atoms with E-state index in [1.165, 1.54) is 4.68 Å². The number of aromatic nitrogens is 2. The number of alkyl halides is 2. The summed E-state index contributed by atoms with van der Waals surface area (Å²) in [6.07, 6.45) is -1.91. The molecule has 84 valence electrons. The molecule has 1 aliphatic heterocycles. The molecule has 1 aliphatic rings. The molecule has 5 heteroatoms. The third kappa shape index (κ3) is 1.82. The van der Waals surface area contributed by atoms with Crippen molar-refractivity contribution in [2.24, 2.45) is 0 Å². The van der Waals surface area contributed by atoms with Crippen LogP contribution in [0.1, 0.15) is 37.9 Å². The predicted molar refractivity (Wildman–Crippen MR) is 54.5 cm³/mol. The first kappa shape index (κ1) is 10.4. The van der Waals surface area contributed by atoms with Gasteiger partial charge in [-0.1, -0.05) is 13.8 Å². The van der Waals surface area contributed by atoms with Gasteiger partial charge in [0.15, 0.2) is 0 Å². The summed E-state index contributed by atoms with van der Waals surface area (Å²) in [4.78, 5) is 0. The van der Waals surface area contributed by atoms with Crippen LogP contribution in [0, 0.1) is 0 Å². The number of rotatable bonds is 2. The second kappa shape index (κ2) is 3.79. The summed E-state index contributed by atoms with van der Waals surface area (Å²) in [6.45, 7) is 4.61. The topological polar surface area (TPSA) is 29.9 Å². The zero-order valence-corrected chi connectivity index (χ0v) is 8.87. The van der Waals surface area contributed by atoms with Crippen LogP contribution in [0.5, 0.6) is 0 Å². The zero-order chi connectivity index (χ0) is 11.0. The molecule has 2 rings (SSSR count). The van der Waals surface area contributed by atoms with Crippen molar-refractivity contribution in [1.82, 2.24) is 9.78 Å². The summed E-state index contributed by atoms with van der Waals surface area (Å²) < 4.78 is 26.9. The van der Waals surface area contributed by atoms with Crippen LogP contribution < -0.4 is 5.32 Å². The molecule has 1 N–H and O–H groups in total. The van der Waals surface area contributed by atoms with Gasteiger partial charge in [0.25, 0.3) is 6.43 Å². The van der Waals surface area contributed by atoms with Crippen LogP contribution >= 0.6 is 0 Å². The Kier molecular flexibility index (Phi) is 2.63. The smallest absolute Gasteiger partial charge is 0.260 e. The summed E-state index contributed by atoms with van der Waals surface area (Å²) in [5.74, 6) is 0.985. The van der Waals surface area contributed by atoms with Crippen LogP contribution in [0.3, 0.4) is 0 Å². The molecule has 0 saturated heterocycles. The van der Waals surface area contributed by atoms with Crippen molar-refractivity contribution >= 4 is 5.82 Å². The van der Waals surface area contributed by atoms with Crippen molar-refractivity contribution in [1.29, 1.82) is 0 Å². The Labute approximate surface area is 87.5 Å². The molecule has 1 atom stereocenters. The third-order valence-electron chi connectivity index (χ3n) is 2.70. The Morgan fingerprint density at radius 3 is 2.87 bits per heavy atom. The molecule has 2 heterocycles. The second-order valence-electron chi connectivity index (χ2n) is 4.17. The van der Waals surface area contributed by atoms with Crippen molar-refractivity contribution in [3.05, 3.63) is 11.8 Å². The number of fused-ring (bicyclic) bond motifs is 1. The molecule has 0 aliphatic carbocycles. The minimum absolute atomic E-state index is 0.267. The van der Waals surface area contributed by atoms with Crippen molar-refractivity contribution in [2.45, 2.75) is 38.7 Å². The third-order valence-corrected chi connectivity index (χ3v) is 2.70. The largest absolute Gasteiger partial charge is 0.370 e. The maximum absolute atomic E-state index is 12.7. The Morgan fingerprint density at radius 1 is 1.53 bits per heavy atom. The van der Waals surface area contributed by atoms with E-state index in [2.05, 4.69) is 10.4 Å². The molecule has 0 saturated carbocycles. The first-order valence-corrected chi connectivity index (χ1v) is 5.21. The Balaban J connectivity index is 2.34. The van der Waals surface area contributed by atoms with E-state index in [4.69, 9.17) is 0 Å². The van der Waals surface area contributed by atoms with Crippen molar-refractivity contribution in [2.75, 3.05) is 11.9 Å². The Hall–Kier alpha value is -1.13. The van der Waals surface area contributed by atoms with E-state index in [0.717, 1.165) is 11.5 Å². The summed E-state index contributed by atoms with van der Waals surface area (Å²) in [5, 5.41) is 7.32. The van der Waals surface area contributed by atoms with Gasteiger partial charge in [-0.05, 0) is 12.3 Å². The molecular weight excluding hydrogens is 200 g/mol. The van der Waals surface area contributed by atoms with Gasteiger partial charge in [0.1, 0.15) is 11.9 Å². The van der Waals surface area contributed by atoms with E-state index in [-0.39, 0.29) is 5.92 Å². The lowest BCUT2D eigenvalue weighted by atomic mass is 10.1. The number of nitrogens with zero attached hydrogens (tertiary/aromatic N) is 2. The molecular formula is C10H15F2N3. The molecule has 1 aromatic heterocycles. The summed E-state index contributed by atoms with van der Waals surface area (Å²) >= 11 is 0. The zero-order valence-electron chi connectivity index (χ0n) is 8.87. The van der Waals surface area contributed by atoms with Gasteiger partial charge in [0, 0.05) is 12.6 Å². The maximum Gasteiger partial charge on any atom is 0.260 e. The highest BCUT2D eigenvalue weighted by Gasteiger charge is 2.29. The quantitative estimate of drug-likeness (QED) is 0.821. The average Bonchev–Trinajstić information content (AvgIpc) is 2.60. The first-order chi connectivity index (χ1) is 7.09. The van der Waals surface area contributed by atoms with Crippen LogP contribution in [-0.2, 0) is 0 Å². The minimum Gasteiger partial charge on any atom is -0.370 e. The summed E-state index contributed by atoms with van der Waals surface area (Å²) in [5.41, 5.74) is 0.866. The molecule has 15 heavy (non-hydrogen) atoms. The van der Waals surface area contributed by atoms with Gasteiger partial charge in [-0.2, -0.15) is 5.10 Å². The van der Waals surface area contributed by atoms with Gasteiger partial charge in [0.05, 0.1) is 5.69 Å². The SMILES string of the molecule is CC(C)c1cc2n(n1)C(C(F)F)CCN2. The predicted octanol–water partition coefficient (Wildman–Crippen LogP) is 2.63. The summed E-state index contributed by atoms with van der Waals surface area (Å²) in [6, 6.07) is 1.09. The van der Waals surface area contributed by atoms with Crippen LogP contribution in [0.4, 0.5) is 14.6 Å². The van der Waals surface area contributed by atoms with Crippen LogP contribution in [0.25, 0.3) is 0 Å². The van der Waals surface area contributed by atoms with E-state index < -0.39 is 12.5 Å². The molecule has 0 amide bonds. The molecule has 0 radical (unpaired) electrons. The number of nitrogens with one attached hydrogen (secondary N) is 1. The highest BCUT2D eigenvalue weighted by atomic mass is 19.3. The summed E-state index contributed by atoms with van der Waals surface area (Å²) in [7, 11) is 0. The highest BCUT2D eigenvalue weighted by Crippen LogP contribution is 2.30. The van der Waals surface area contributed by atoms with Gasteiger partial charge < -0.3 is 5.32 Å². The first-order valence-electron chi connectivity index (χ1n) is 5.21. The van der Waals surface area contributed by atoms with E-state index >= 15 is 0 Å². The molecule has 0 aromatic carbocycles. The van der Waals surface area contributed by atoms with E-state index in [1.807, 2.05) is 19.9 Å². The van der Waals surface area contributed by atoms with Crippen LogP contribution in [0.2, 0.25) is 0 Å². The van der Waals surface area contributed by atoms with Crippen LogP contribution in [0.15, 0.2) is 6.07 Å². The van der Waals surface area contributed by atoms with E-state index in [9.17, 15) is 8.78 Å². The molecule has 1 unspecified atom stereocenters. The lowest BCUT2D eigenvalue weighted by molar-refractivity contribution is 0.0713. The van der Waals surface area contributed by atoms with Crippen molar-refractivity contribution in [3.63, 3.8) is 0 Å². The minimum atomic E-state index is -2.34. The molecule has 1 aromatic rings. The maximum atomic E-state index is 12.7. The average molecular weight is 215 g/mol. The standard InChI is InChI=1S/C10H15F2N3/c1-6(2)7-5-9-13-4-3-8(10(11)12)15(9)14-7/h5-6,8,10,13H,3-4H2,1-2H3. The molecule has 0 bridgehead atoms. The van der Waals surface area contributed by atoms with Crippen LogP contribution in [-0.4, -0.2) is 22.8 Å². The fourth-order valence-electron chi connectivity index (χ4n) is 1.78. The van der Waals surface area contributed by atoms with Gasteiger partial charge >= 0.3 is 0 Å². The number of halogens is 2. The van der Waals surface area contributed by atoms with Crippen molar-refractivity contribution < 1.29 is 8.78 Å². The van der Waals surface area contributed by atoms with Crippen molar-refractivity contribution in [3.8, 4) is 0 Å².